The smallest absolute Gasteiger partial charge is 0.407 e. The lowest BCUT2D eigenvalue weighted by molar-refractivity contribution is 0.101. The van der Waals surface area contributed by atoms with E-state index in [9.17, 15) is 4.79 Å². The molecule has 16 heavy (non-hydrogen) atoms. The number of thiophene rings is 1. The first-order valence-corrected chi connectivity index (χ1v) is 6.66. The van der Waals surface area contributed by atoms with Crippen molar-refractivity contribution in [3.05, 3.63) is 20.8 Å². The van der Waals surface area contributed by atoms with Gasteiger partial charge < -0.3 is 10.0 Å². The number of halogens is 1. The molecule has 0 fully saturated rings. The van der Waals surface area contributed by atoms with Crippen molar-refractivity contribution in [1.82, 2.24) is 4.90 Å². The lowest BCUT2D eigenvalue weighted by Gasteiger charge is -2.33. The van der Waals surface area contributed by atoms with E-state index in [1.54, 1.807) is 11.3 Å². The van der Waals surface area contributed by atoms with Crippen molar-refractivity contribution in [2.45, 2.75) is 32.7 Å². The average Bonchev–Trinajstić information content (AvgIpc) is 2.48. The number of hydrogen-bond acceptors (Lipinski definition) is 2. The predicted molar refractivity (Wildman–Crippen MR) is 70.2 cm³/mol. The summed E-state index contributed by atoms with van der Waals surface area (Å²) in [7, 11) is 0. The van der Waals surface area contributed by atoms with Gasteiger partial charge in [0.2, 0.25) is 0 Å². The fraction of sp³-hybridized carbons (Fsp3) is 0.545. The maximum Gasteiger partial charge on any atom is 0.407 e. The van der Waals surface area contributed by atoms with Crippen molar-refractivity contribution >= 4 is 33.4 Å². The monoisotopic (exact) mass is 305 g/mol. The molecule has 1 rings (SSSR count). The van der Waals surface area contributed by atoms with Crippen LogP contribution in [0.4, 0.5) is 4.79 Å². The number of hydrogen-bond donors (Lipinski definition) is 1. The zero-order valence-corrected chi connectivity index (χ0v) is 12.1. The van der Waals surface area contributed by atoms with Gasteiger partial charge in [-0.3, -0.25) is 0 Å². The fourth-order valence-corrected chi connectivity index (χ4v) is 2.90. The van der Waals surface area contributed by atoms with E-state index in [4.69, 9.17) is 5.11 Å². The number of carboxylic acid groups (broad SMARTS) is 1. The molecule has 0 bridgehead atoms. The SMILES string of the molecule is CC(C)(C)N(CCc1ccc(Br)s1)C(=O)O. The molecule has 0 atom stereocenters. The third kappa shape index (κ3) is 3.79. The van der Waals surface area contributed by atoms with E-state index in [1.165, 1.54) is 9.78 Å². The zero-order valence-electron chi connectivity index (χ0n) is 9.66. The van der Waals surface area contributed by atoms with Crippen molar-refractivity contribution in [2.75, 3.05) is 6.54 Å². The second-order valence-corrected chi connectivity index (χ2v) is 7.11. The van der Waals surface area contributed by atoms with Gasteiger partial charge in [-0.05, 0) is 55.3 Å². The molecular formula is C11H16BrNO2S. The van der Waals surface area contributed by atoms with Crippen molar-refractivity contribution in [3.8, 4) is 0 Å². The van der Waals surface area contributed by atoms with Crippen LogP contribution in [0.5, 0.6) is 0 Å². The van der Waals surface area contributed by atoms with E-state index >= 15 is 0 Å². The molecule has 0 aromatic carbocycles. The molecule has 1 amide bonds. The summed E-state index contributed by atoms with van der Waals surface area (Å²) in [6, 6.07) is 4.01. The van der Waals surface area contributed by atoms with Gasteiger partial charge in [-0.25, -0.2) is 4.79 Å². The Balaban J connectivity index is 2.61. The van der Waals surface area contributed by atoms with Crippen LogP contribution in [0.25, 0.3) is 0 Å². The minimum absolute atomic E-state index is 0.347. The standard InChI is InChI=1S/C11H16BrNO2S/c1-11(2,3)13(10(14)15)7-6-8-4-5-9(12)16-8/h4-5H,6-7H2,1-3H3,(H,14,15). The van der Waals surface area contributed by atoms with Crippen LogP contribution in [-0.2, 0) is 6.42 Å². The first kappa shape index (κ1) is 13.5. The molecule has 0 radical (unpaired) electrons. The first-order chi connectivity index (χ1) is 7.30. The van der Waals surface area contributed by atoms with Crippen LogP contribution in [0.2, 0.25) is 0 Å². The van der Waals surface area contributed by atoms with E-state index in [2.05, 4.69) is 15.9 Å². The number of nitrogens with zero attached hydrogens (tertiary/aromatic N) is 1. The summed E-state index contributed by atoms with van der Waals surface area (Å²) in [5.41, 5.74) is -0.347. The third-order valence-electron chi connectivity index (χ3n) is 2.25. The quantitative estimate of drug-likeness (QED) is 0.922. The normalized spacial score (nSPS) is 11.5. The first-order valence-electron chi connectivity index (χ1n) is 5.05. The topological polar surface area (TPSA) is 40.5 Å². The molecule has 0 aliphatic heterocycles. The predicted octanol–water partition coefficient (Wildman–Crippen LogP) is 3.83. The van der Waals surface area contributed by atoms with Crippen LogP contribution in [0.15, 0.2) is 15.9 Å². The Morgan fingerprint density at radius 1 is 1.50 bits per heavy atom. The van der Waals surface area contributed by atoms with Crippen molar-refractivity contribution in [1.29, 1.82) is 0 Å². The number of carbonyl (C=O) groups is 1. The van der Waals surface area contributed by atoms with Crippen LogP contribution in [0.1, 0.15) is 25.6 Å². The van der Waals surface area contributed by atoms with Crippen LogP contribution >= 0.6 is 27.3 Å². The number of rotatable bonds is 3. The highest BCUT2D eigenvalue weighted by molar-refractivity contribution is 9.11. The van der Waals surface area contributed by atoms with Gasteiger partial charge in [0.15, 0.2) is 0 Å². The highest BCUT2D eigenvalue weighted by atomic mass is 79.9. The summed E-state index contributed by atoms with van der Waals surface area (Å²) in [4.78, 5) is 13.8. The van der Waals surface area contributed by atoms with Crippen molar-refractivity contribution in [3.63, 3.8) is 0 Å². The lowest BCUT2D eigenvalue weighted by Crippen LogP contribution is -2.45. The summed E-state index contributed by atoms with van der Waals surface area (Å²) in [5.74, 6) is 0. The van der Waals surface area contributed by atoms with Gasteiger partial charge in [0.1, 0.15) is 0 Å². The molecule has 0 saturated carbocycles. The Kier molecular flexibility index (Phi) is 4.38. The summed E-state index contributed by atoms with van der Waals surface area (Å²) in [5, 5.41) is 9.11. The maximum absolute atomic E-state index is 11.1. The summed E-state index contributed by atoms with van der Waals surface area (Å²) in [6.45, 7) is 6.26. The molecule has 5 heteroatoms. The number of amides is 1. The van der Waals surface area contributed by atoms with Gasteiger partial charge >= 0.3 is 6.09 Å². The molecule has 1 N–H and O–H groups in total. The van der Waals surface area contributed by atoms with E-state index in [1.807, 2.05) is 32.9 Å². The van der Waals surface area contributed by atoms with E-state index in [0.717, 1.165) is 10.2 Å². The summed E-state index contributed by atoms with van der Waals surface area (Å²) >= 11 is 5.05. The Hall–Kier alpha value is -0.550. The molecule has 0 aliphatic rings. The molecule has 1 heterocycles. The second-order valence-electron chi connectivity index (χ2n) is 4.56. The van der Waals surface area contributed by atoms with Crippen LogP contribution in [0, 0.1) is 0 Å². The molecule has 1 aromatic heterocycles. The van der Waals surface area contributed by atoms with E-state index < -0.39 is 6.09 Å². The van der Waals surface area contributed by atoms with E-state index in [-0.39, 0.29) is 5.54 Å². The van der Waals surface area contributed by atoms with Crippen LogP contribution in [0.3, 0.4) is 0 Å². The van der Waals surface area contributed by atoms with Gasteiger partial charge in [0.05, 0.1) is 3.79 Å². The minimum Gasteiger partial charge on any atom is -0.465 e. The molecule has 90 valence electrons. The lowest BCUT2D eigenvalue weighted by atomic mass is 10.1. The maximum atomic E-state index is 11.1. The molecule has 0 spiro atoms. The Morgan fingerprint density at radius 3 is 2.50 bits per heavy atom. The van der Waals surface area contributed by atoms with Crippen molar-refractivity contribution < 1.29 is 9.90 Å². The van der Waals surface area contributed by atoms with Gasteiger partial charge in [-0.15, -0.1) is 11.3 Å². The van der Waals surface area contributed by atoms with Gasteiger partial charge in [0, 0.05) is 17.0 Å². The molecule has 0 aliphatic carbocycles. The van der Waals surface area contributed by atoms with E-state index in [0.29, 0.717) is 6.54 Å². The van der Waals surface area contributed by atoms with Crippen LogP contribution in [-0.4, -0.2) is 28.2 Å². The van der Waals surface area contributed by atoms with Crippen molar-refractivity contribution in [2.24, 2.45) is 0 Å². The summed E-state index contributed by atoms with van der Waals surface area (Å²) in [6.07, 6.45) is -0.0945. The fourth-order valence-electron chi connectivity index (χ4n) is 1.43. The summed E-state index contributed by atoms with van der Waals surface area (Å²) < 4.78 is 1.08. The van der Waals surface area contributed by atoms with Gasteiger partial charge in [-0.1, -0.05) is 0 Å². The molecule has 0 unspecified atom stereocenters. The highest BCUT2D eigenvalue weighted by Crippen LogP contribution is 2.23. The van der Waals surface area contributed by atoms with Crippen LogP contribution < -0.4 is 0 Å². The molecule has 3 nitrogen and oxygen atoms in total. The highest BCUT2D eigenvalue weighted by Gasteiger charge is 2.25. The second kappa shape index (κ2) is 5.19. The largest absolute Gasteiger partial charge is 0.465 e. The zero-order chi connectivity index (χ0) is 12.3. The van der Waals surface area contributed by atoms with Gasteiger partial charge in [-0.2, -0.15) is 0 Å². The van der Waals surface area contributed by atoms with Gasteiger partial charge in [0.25, 0.3) is 0 Å². The Morgan fingerprint density at radius 2 is 2.12 bits per heavy atom. The Bertz CT molecular complexity index is 370. The molecular weight excluding hydrogens is 290 g/mol. The average molecular weight is 306 g/mol. The third-order valence-corrected chi connectivity index (χ3v) is 3.93. The Labute approximate surface area is 108 Å². The molecule has 0 saturated heterocycles. The minimum atomic E-state index is -0.858. The molecule has 1 aromatic rings.